The average molecular weight is 273 g/mol. The maximum absolute atomic E-state index is 10.8. The van der Waals surface area contributed by atoms with Gasteiger partial charge in [-0.2, -0.15) is 0 Å². The van der Waals surface area contributed by atoms with Crippen molar-refractivity contribution in [2.75, 3.05) is 0 Å². The Kier molecular flexibility index (Phi) is 4.23. The minimum absolute atomic E-state index is 0.0632. The number of hydrogen-bond donors (Lipinski definition) is 1. The SMILES string of the molecule is CC(N)CCc1ccc(Br)cc1[N+](=O)[O-]. The lowest BCUT2D eigenvalue weighted by Gasteiger charge is -2.05. The summed E-state index contributed by atoms with van der Waals surface area (Å²) in [6.07, 6.45) is 1.39. The van der Waals surface area contributed by atoms with Gasteiger partial charge in [-0.15, -0.1) is 0 Å². The normalized spacial score (nSPS) is 12.5. The molecule has 0 saturated carbocycles. The van der Waals surface area contributed by atoms with E-state index in [0.717, 1.165) is 16.5 Å². The number of halogens is 1. The molecule has 0 aliphatic heterocycles. The second kappa shape index (κ2) is 5.23. The van der Waals surface area contributed by atoms with E-state index in [1.165, 1.54) is 6.07 Å². The van der Waals surface area contributed by atoms with Gasteiger partial charge in [0.2, 0.25) is 0 Å². The van der Waals surface area contributed by atoms with Crippen LogP contribution in [0.2, 0.25) is 0 Å². The number of nitrogens with zero attached hydrogens (tertiary/aromatic N) is 1. The summed E-state index contributed by atoms with van der Waals surface area (Å²) in [5, 5.41) is 10.8. The molecule has 15 heavy (non-hydrogen) atoms. The number of nitro groups is 1. The second-order valence-corrected chi connectivity index (χ2v) is 4.46. The highest BCUT2D eigenvalue weighted by Crippen LogP contribution is 2.24. The number of rotatable bonds is 4. The fourth-order valence-electron chi connectivity index (χ4n) is 1.30. The van der Waals surface area contributed by atoms with E-state index in [2.05, 4.69) is 15.9 Å². The zero-order valence-corrected chi connectivity index (χ0v) is 10.0. The topological polar surface area (TPSA) is 69.2 Å². The zero-order valence-electron chi connectivity index (χ0n) is 8.44. The average Bonchev–Trinajstić information content (AvgIpc) is 2.15. The van der Waals surface area contributed by atoms with E-state index in [-0.39, 0.29) is 16.7 Å². The molecular weight excluding hydrogens is 260 g/mol. The van der Waals surface area contributed by atoms with Gasteiger partial charge in [0, 0.05) is 22.1 Å². The smallest absolute Gasteiger partial charge is 0.273 e. The van der Waals surface area contributed by atoms with Crippen LogP contribution in [0, 0.1) is 10.1 Å². The van der Waals surface area contributed by atoms with Crippen molar-refractivity contribution in [3.05, 3.63) is 38.3 Å². The minimum Gasteiger partial charge on any atom is -0.328 e. The van der Waals surface area contributed by atoms with Gasteiger partial charge in [-0.1, -0.05) is 22.0 Å². The predicted octanol–water partition coefficient (Wildman–Crippen LogP) is 2.64. The van der Waals surface area contributed by atoms with Crippen LogP contribution in [-0.2, 0) is 6.42 Å². The van der Waals surface area contributed by atoms with Gasteiger partial charge in [-0.3, -0.25) is 10.1 Å². The molecule has 0 amide bonds. The third kappa shape index (κ3) is 3.60. The molecule has 0 fully saturated rings. The molecule has 1 atom stereocenters. The van der Waals surface area contributed by atoms with Crippen LogP contribution in [-0.4, -0.2) is 11.0 Å². The van der Waals surface area contributed by atoms with Crippen LogP contribution in [0.5, 0.6) is 0 Å². The van der Waals surface area contributed by atoms with E-state index in [4.69, 9.17) is 5.73 Å². The van der Waals surface area contributed by atoms with Gasteiger partial charge in [-0.25, -0.2) is 0 Å². The third-order valence-electron chi connectivity index (χ3n) is 2.11. The highest BCUT2D eigenvalue weighted by molar-refractivity contribution is 9.10. The molecule has 0 radical (unpaired) electrons. The fraction of sp³-hybridized carbons (Fsp3) is 0.400. The van der Waals surface area contributed by atoms with Gasteiger partial charge in [0.15, 0.2) is 0 Å². The van der Waals surface area contributed by atoms with Gasteiger partial charge >= 0.3 is 0 Å². The Labute approximate surface area is 96.8 Å². The van der Waals surface area contributed by atoms with Crippen molar-refractivity contribution in [2.24, 2.45) is 5.73 Å². The predicted molar refractivity (Wildman–Crippen MR) is 62.8 cm³/mol. The lowest BCUT2D eigenvalue weighted by atomic mass is 10.1. The van der Waals surface area contributed by atoms with Crippen molar-refractivity contribution in [3.63, 3.8) is 0 Å². The quantitative estimate of drug-likeness (QED) is 0.677. The molecule has 0 aromatic heterocycles. The molecular formula is C10H13BrN2O2. The maximum atomic E-state index is 10.8. The summed E-state index contributed by atoms with van der Waals surface area (Å²) in [5.41, 5.74) is 6.51. The Morgan fingerprint density at radius 3 is 2.80 bits per heavy atom. The molecule has 0 aliphatic rings. The first-order chi connectivity index (χ1) is 7.00. The lowest BCUT2D eigenvalue weighted by molar-refractivity contribution is -0.385. The highest BCUT2D eigenvalue weighted by atomic mass is 79.9. The van der Waals surface area contributed by atoms with Gasteiger partial charge in [0.05, 0.1) is 4.92 Å². The van der Waals surface area contributed by atoms with Crippen LogP contribution >= 0.6 is 15.9 Å². The molecule has 1 aromatic rings. The monoisotopic (exact) mass is 272 g/mol. The van der Waals surface area contributed by atoms with Crippen LogP contribution in [0.3, 0.4) is 0 Å². The summed E-state index contributed by atoms with van der Waals surface area (Å²) >= 11 is 3.22. The molecule has 0 bridgehead atoms. The zero-order chi connectivity index (χ0) is 11.4. The molecule has 2 N–H and O–H groups in total. The number of nitrogens with two attached hydrogens (primary N) is 1. The highest BCUT2D eigenvalue weighted by Gasteiger charge is 2.13. The number of benzene rings is 1. The van der Waals surface area contributed by atoms with Crippen LogP contribution < -0.4 is 5.73 Å². The Morgan fingerprint density at radius 2 is 2.27 bits per heavy atom. The number of hydrogen-bond acceptors (Lipinski definition) is 3. The summed E-state index contributed by atoms with van der Waals surface area (Å²) in [7, 11) is 0. The summed E-state index contributed by atoms with van der Waals surface area (Å²) in [6.45, 7) is 1.89. The van der Waals surface area contributed by atoms with E-state index in [0.29, 0.717) is 6.42 Å². The second-order valence-electron chi connectivity index (χ2n) is 3.55. The number of nitro benzene ring substituents is 1. The first-order valence-corrected chi connectivity index (χ1v) is 5.48. The summed E-state index contributed by atoms with van der Waals surface area (Å²) in [4.78, 5) is 10.4. The molecule has 0 aliphatic carbocycles. The molecule has 1 unspecified atom stereocenters. The van der Waals surface area contributed by atoms with Gasteiger partial charge < -0.3 is 5.73 Å². The Balaban J connectivity index is 2.91. The van der Waals surface area contributed by atoms with Crippen LogP contribution in [0.1, 0.15) is 18.9 Å². The van der Waals surface area contributed by atoms with Crippen LogP contribution in [0.25, 0.3) is 0 Å². The Morgan fingerprint density at radius 1 is 1.60 bits per heavy atom. The Hall–Kier alpha value is -0.940. The van der Waals surface area contributed by atoms with Crippen molar-refractivity contribution < 1.29 is 4.92 Å². The van der Waals surface area contributed by atoms with Crippen molar-refractivity contribution in [3.8, 4) is 0 Å². The lowest BCUT2D eigenvalue weighted by Crippen LogP contribution is -2.15. The van der Waals surface area contributed by atoms with Gasteiger partial charge in [0.25, 0.3) is 5.69 Å². The van der Waals surface area contributed by atoms with E-state index in [9.17, 15) is 10.1 Å². The van der Waals surface area contributed by atoms with Gasteiger partial charge in [0.1, 0.15) is 0 Å². The van der Waals surface area contributed by atoms with Gasteiger partial charge in [-0.05, 0) is 25.8 Å². The molecule has 82 valence electrons. The van der Waals surface area contributed by atoms with Crippen LogP contribution in [0.15, 0.2) is 22.7 Å². The first kappa shape index (κ1) is 12.1. The summed E-state index contributed by atoms with van der Waals surface area (Å²) in [5.74, 6) is 0. The van der Waals surface area contributed by atoms with E-state index < -0.39 is 0 Å². The first-order valence-electron chi connectivity index (χ1n) is 4.69. The molecule has 4 nitrogen and oxygen atoms in total. The maximum Gasteiger partial charge on any atom is 0.273 e. The summed E-state index contributed by atoms with van der Waals surface area (Å²) in [6, 6.07) is 5.17. The molecule has 1 aromatic carbocycles. The third-order valence-corrected chi connectivity index (χ3v) is 2.61. The van der Waals surface area contributed by atoms with Crippen molar-refractivity contribution in [1.29, 1.82) is 0 Å². The van der Waals surface area contributed by atoms with Crippen molar-refractivity contribution in [1.82, 2.24) is 0 Å². The minimum atomic E-state index is -0.360. The van der Waals surface area contributed by atoms with Crippen LogP contribution in [0.4, 0.5) is 5.69 Å². The van der Waals surface area contributed by atoms with Crippen molar-refractivity contribution in [2.45, 2.75) is 25.8 Å². The summed E-state index contributed by atoms with van der Waals surface area (Å²) < 4.78 is 0.721. The Bertz CT molecular complexity index is 366. The number of aryl methyl sites for hydroxylation is 1. The largest absolute Gasteiger partial charge is 0.328 e. The standard InChI is InChI=1S/C10H13BrN2O2/c1-7(12)2-3-8-4-5-9(11)6-10(8)13(14)15/h4-7H,2-3,12H2,1H3. The molecule has 0 heterocycles. The molecule has 5 heteroatoms. The van der Waals surface area contributed by atoms with Crippen molar-refractivity contribution >= 4 is 21.6 Å². The van der Waals surface area contributed by atoms with E-state index >= 15 is 0 Å². The molecule has 0 saturated heterocycles. The van der Waals surface area contributed by atoms with E-state index in [1.807, 2.05) is 13.0 Å². The van der Waals surface area contributed by atoms with E-state index in [1.54, 1.807) is 6.07 Å². The molecule has 0 spiro atoms. The molecule has 1 rings (SSSR count). The fourth-order valence-corrected chi connectivity index (χ4v) is 1.65.